The van der Waals surface area contributed by atoms with Crippen LogP contribution in [0, 0.1) is 5.92 Å². The molecule has 1 aromatic heterocycles. The number of amides is 1. The van der Waals surface area contributed by atoms with E-state index in [1.54, 1.807) is 0 Å². The molecule has 1 amide bonds. The molecular weight excluding hydrogens is 356 g/mol. The second-order valence-electron chi connectivity index (χ2n) is 9.20. The zero-order chi connectivity index (χ0) is 19.9. The molecule has 2 aliphatic heterocycles. The number of aliphatic hydroxyl groups is 1. The highest BCUT2D eigenvalue weighted by molar-refractivity contribution is 5.81. The Balaban J connectivity index is 1.42. The summed E-state index contributed by atoms with van der Waals surface area (Å²) in [6.07, 6.45) is 3.26. The van der Waals surface area contributed by atoms with Gasteiger partial charge >= 0.3 is 0 Å². The number of rotatable bonds is 4. The third-order valence-electron chi connectivity index (χ3n) is 6.67. The molecule has 28 heavy (non-hydrogen) atoms. The summed E-state index contributed by atoms with van der Waals surface area (Å²) >= 11 is 0. The van der Waals surface area contributed by atoms with Crippen molar-refractivity contribution in [2.24, 2.45) is 5.92 Å². The molecule has 0 bridgehead atoms. The molecule has 1 aliphatic carbocycles. The highest BCUT2D eigenvalue weighted by Crippen LogP contribution is 2.41. The first-order chi connectivity index (χ1) is 13.3. The average molecular weight is 389 g/mol. The first-order valence-electron chi connectivity index (χ1n) is 10.6. The largest absolute Gasteiger partial charge is 0.388 e. The third kappa shape index (κ3) is 3.62. The number of anilines is 1. The monoisotopic (exact) mass is 388 g/mol. The van der Waals surface area contributed by atoms with E-state index in [4.69, 9.17) is 4.74 Å². The van der Waals surface area contributed by atoms with E-state index in [9.17, 15) is 9.90 Å². The van der Waals surface area contributed by atoms with Crippen molar-refractivity contribution in [3.8, 4) is 0 Å². The minimum Gasteiger partial charge on any atom is -0.388 e. The number of aliphatic hydroxyl groups excluding tert-OH is 1. The lowest BCUT2D eigenvalue weighted by Crippen LogP contribution is -2.69. The summed E-state index contributed by atoms with van der Waals surface area (Å²) in [7, 11) is 0. The van der Waals surface area contributed by atoms with E-state index in [2.05, 4.69) is 34.3 Å². The lowest BCUT2D eigenvalue weighted by molar-refractivity contribution is -0.198. The second-order valence-corrected chi connectivity index (χ2v) is 9.20. The number of carbonyl (C=O) groups excluding carboxylic acids is 1. The quantitative estimate of drug-likeness (QED) is 0.820. The highest BCUT2D eigenvalue weighted by Gasteiger charge is 2.54. The van der Waals surface area contributed by atoms with Crippen LogP contribution in [0.2, 0.25) is 0 Å². The molecule has 154 valence electrons. The van der Waals surface area contributed by atoms with E-state index in [0.29, 0.717) is 31.8 Å². The molecule has 0 aromatic carbocycles. The average Bonchev–Trinajstić information content (AvgIpc) is 3.52. The summed E-state index contributed by atoms with van der Waals surface area (Å²) in [5.74, 6) is 1.45. The summed E-state index contributed by atoms with van der Waals surface area (Å²) in [6, 6.07) is 4.06. The first-order valence-corrected chi connectivity index (χ1v) is 10.6. The lowest BCUT2D eigenvalue weighted by Gasteiger charge is -2.53. The Morgan fingerprint density at radius 3 is 2.54 bits per heavy atom. The molecule has 1 saturated carbocycles. The molecule has 4 rings (SSSR count). The van der Waals surface area contributed by atoms with Gasteiger partial charge in [0.15, 0.2) is 5.82 Å². The number of aromatic nitrogens is 2. The van der Waals surface area contributed by atoms with E-state index in [-0.39, 0.29) is 11.8 Å². The lowest BCUT2D eigenvalue weighted by atomic mass is 9.73. The van der Waals surface area contributed by atoms with Crippen LogP contribution in [-0.2, 0) is 9.53 Å². The van der Waals surface area contributed by atoms with Crippen molar-refractivity contribution in [1.29, 1.82) is 0 Å². The van der Waals surface area contributed by atoms with E-state index >= 15 is 0 Å². The van der Waals surface area contributed by atoms with Gasteiger partial charge in [-0.25, -0.2) is 0 Å². The van der Waals surface area contributed by atoms with Crippen molar-refractivity contribution in [2.75, 3.05) is 24.6 Å². The van der Waals surface area contributed by atoms with Crippen molar-refractivity contribution in [2.45, 2.75) is 76.0 Å². The molecule has 2 N–H and O–H groups in total. The molecule has 3 aliphatic rings. The molecule has 3 fully saturated rings. The number of carbonyl (C=O) groups is 1. The number of hydrogen-bond donors (Lipinski definition) is 2. The Morgan fingerprint density at radius 1 is 1.25 bits per heavy atom. The minimum absolute atomic E-state index is 0.0801. The van der Waals surface area contributed by atoms with Gasteiger partial charge in [-0.1, -0.05) is 13.8 Å². The number of nitrogens with zero attached hydrogens (tertiary/aromatic N) is 3. The number of nitrogens with one attached hydrogen (secondary N) is 1. The van der Waals surface area contributed by atoms with Gasteiger partial charge in [0.25, 0.3) is 0 Å². The summed E-state index contributed by atoms with van der Waals surface area (Å²) < 4.78 is 6.14. The molecule has 0 unspecified atom stereocenters. The SMILES string of the molecule is CC(C)c1ccc(N2CCC3(CC2)OCC[C@](C)(NC(=O)C2CC2)[C@H]3O)nn1. The minimum atomic E-state index is -0.715. The summed E-state index contributed by atoms with van der Waals surface area (Å²) in [5.41, 5.74) is -0.241. The standard InChI is InChI=1S/C21H32N4O3/c1-14(2)16-6-7-17(24-23-16)25-11-8-21(9-12-25)19(27)20(3,10-13-28-21)22-18(26)15-4-5-15/h6-7,14-15,19,27H,4-5,8-13H2,1-3H3,(H,22,26)/t19-,20+/m1/s1. The normalized spacial score (nSPS) is 29.9. The zero-order valence-electron chi connectivity index (χ0n) is 17.1. The summed E-state index contributed by atoms with van der Waals surface area (Å²) in [5, 5.41) is 23.1. The molecule has 3 heterocycles. The Bertz CT molecular complexity index is 711. The van der Waals surface area contributed by atoms with Crippen molar-refractivity contribution in [3.05, 3.63) is 17.8 Å². The topological polar surface area (TPSA) is 87.6 Å². The predicted octanol–water partition coefficient (Wildman–Crippen LogP) is 2.01. The fourth-order valence-corrected chi connectivity index (χ4v) is 4.47. The van der Waals surface area contributed by atoms with Gasteiger partial charge in [-0.3, -0.25) is 4.79 Å². The second kappa shape index (κ2) is 7.26. The van der Waals surface area contributed by atoms with Gasteiger partial charge in [0.1, 0.15) is 6.10 Å². The van der Waals surface area contributed by atoms with Crippen LogP contribution in [-0.4, -0.2) is 58.2 Å². The van der Waals surface area contributed by atoms with Gasteiger partial charge < -0.3 is 20.1 Å². The number of ether oxygens (including phenoxy) is 1. The van der Waals surface area contributed by atoms with Crippen LogP contribution >= 0.6 is 0 Å². The Hall–Kier alpha value is -1.73. The summed E-state index contributed by atoms with van der Waals surface area (Å²) in [6.45, 7) is 8.23. The highest BCUT2D eigenvalue weighted by atomic mass is 16.5. The van der Waals surface area contributed by atoms with Crippen LogP contribution in [0.1, 0.15) is 64.5 Å². The van der Waals surface area contributed by atoms with Gasteiger partial charge in [-0.05, 0) is 57.1 Å². The van der Waals surface area contributed by atoms with Crippen molar-refractivity contribution >= 4 is 11.7 Å². The van der Waals surface area contributed by atoms with E-state index in [1.807, 2.05) is 19.1 Å². The smallest absolute Gasteiger partial charge is 0.223 e. The van der Waals surface area contributed by atoms with Gasteiger partial charge in [0.2, 0.25) is 5.91 Å². The molecule has 7 heteroatoms. The van der Waals surface area contributed by atoms with Crippen LogP contribution in [0.5, 0.6) is 0 Å². The predicted molar refractivity (Wildman–Crippen MR) is 106 cm³/mol. The van der Waals surface area contributed by atoms with Gasteiger partial charge in [-0.15, -0.1) is 5.10 Å². The molecule has 0 radical (unpaired) electrons. The van der Waals surface area contributed by atoms with Crippen molar-refractivity contribution < 1.29 is 14.6 Å². The van der Waals surface area contributed by atoms with Crippen LogP contribution in [0.3, 0.4) is 0 Å². The zero-order valence-corrected chi connectivity index (χ0v) is 17.1. The molecule has 2 saturated heterocycles. The first kappa shape index (κ1) is 19.6. The fraction of sp³-hybridized carbons (Fsp3) is 0.762. The van der Waals surface area contributed by atoms with Crippen LogP contribution in [0.4, 0.5) is 5.82 Å². The van der Waals surface area contributed by atoms with E-state index in [0.717, 1.165) is 37.4 Å². The Labute approximate surface area is 166 Å². The third-order valence-corrected chi connectivity index (χ3v) is 6.67. The van der Waals surface area contributed by atoms with Crippen molar-refractivity contribution in [3.63, 3.8) is 0 Å². The van der Waals surface area contributed by atoms with E-state index in [1.165, 1.54) is 0 Å². The fourth-order valence-electron chi connectivity index (χ4n) is 4.47. The molecule has 1 spiro atoms. The number of piperidine rings is 1. The maximum Gasteiger partial charge on any atom is 0.223 e. The number of hydrogen-bond acceptors (Lipinski definition) is 6. The van der Waals surface area contributed by atoms with Gasteiger partial charge in [0.05, 0.1) is 16.8 Å². The Morgan fingerprint density at radius 2 is 1.96 bits per heavy atom. The van der Waals surface area contributed by atoms with Gasteiger partial charge in [-0.2, -0.15) is 5.10 Å². The maximum absolute atomic E-state index is 12.3. The van der Waals surface area contributed by atoms with Crippen molar-refractivity contribution in [1.82, 2.24) is 15.5 Å². The molecule has 7 nitrogen and oxygen atoms in total. The van der Waals surface area contributed by atoms with Crippen LogP contribution in [0.15, 0.2) is 12.1 Å². The van der Waals surface area contributed by atoms with E-state index < -0.39 is 17.2 Å². The van der Waals surface area contributed by atoms with Crippen LogP contribution < -0.4 is 10.2 Å². The Kier molecular flexibility index (Phi) is 5.08. The molecule has 2 atom stereocenters. The maximum atomic E-state index is 12.3. The molecule has 1 aromatic rings. The van der Waals surface area contributed by atoms with Crippen LogP contribution in [0.25, 0.3) is 0 Å². The molecular formula is C21H32N4O3. The van der Waals surface area contributed by atoms with Gasteiger partial charge in [0, 0.05) is 25.6 Å². The summed E-state index contributed by atoms with van der Waals surface area (Å²) in [4.78, 5) is 14.5.